The Hall–Kier alpha value is -1.51. The van der Waals surface area contributed by atoms with Gasteiger partial charge in [-0.1, -0.05) is 34.6 Å². The van der Waals surface area contributed by atoms with Gasteiger partial charge in [-0.25, -0.2) is 0 Å². The molecule has 1 atom stereocenters. The number of benzene rings is 1. The van der Waals surface area contributed by atoms with Crippen molar-refractivity contribution >= 4 is 6.21 Å². The molecule has 0 radical (unpaired) electrons. The van der Waals surface area contributed by atoms with E-state index >= 15 is 0 Å². The molecule has 1 aromatic carbocycles. The maximum Gasteiger partial charge on any atom is 0.161 e. The van der Waals surface area contributed by atoms with E-state index in [0.717, 1.165) is 29.5 Å². The van der Waals surface area contributed by atoms with Gasteiger partial charge in [0, 0.05) is 12.8 Å². The molecular weight excluding hydrogens is 274 g/mol. The summed E-state index contributed by atoms with van der Waals surface area (Å²) in [5.41, 5.74) is 2.35. The maximum atomic E-state index is 5.41. The van der Waals surface area contributed by atoms with Gasteiger partial charge in [0.1, 0.15) is 0 Å². The predicted octanol–water partition coefficient (Wildman–Crippen LogP) is 4.93. The van der Waals surface area contributed by atoms with Crippen LogP contribution >= 0.6 is 0 Å². The highest BCUT2D eigenvalue weighted by Gasteiger charge is 2.12. The van der Waals surface area contributed by atoms with Crippen LogP contribution in [0, 0.1) is 11.8 Å². The molecule has 0 aliphatic heterocycles. The third-order valence-electron chi connectivity index (χ3n) is 3.73. The summed E-state index contributed by atoms with van der Waals surface area (Å²) in [6.07, 6.45) is 3.19. The van der Waals surface area contributed by atoms with Gasteiger partial charge in [-0.15, -0.1) is 0 Å². The van der Waals surface area contributed by atoms with Crippen LogP contribution in [0.25, 0.3) is 0 Å². The number of rotatable bonds is 8. The molecule has 0 aliphatic carbocycles. The molecule has 3 heteroatoms. The Morgan fingerprint density at radius 3 is 2.09 bits per heavy atom. The zero-order chi connectivity index (χ0) is 16.7. The smallest absolute Gasteiger partial charge is 0.161 e. The van der Waals surface area contributed by atoms with Gasteiger partial charge < -0.3 is 9.47 Å². The summed E-state index contributed by atoms with van der Waals surface area (Å²) in [6.45, 7) is 12.0. The summed E-state index contributed by atoms with van der Waals surface area (Å²) in [4.78, 5) is 4.65. The van der Waals surface area contributed by atoms with Gasteiger partial charge in [0.05, 0.1) is 14.2 Å². The number of hydrogen-bond acceptors (Lipinski definition) is 3. The highest BCUT2D eigenvalue weighted by atomic mass is 16.5. The molecule has 1 unspecified atom stereocenters. The van der Waals surface area contributed by atoms with Gasteiger partial charge in [0.25, 0.3) is 0 Å². The summed E-state index contributed by atoms with van der Waals surface area (Å²) < 4.78 is 10.8. The molecular formula is C19H31NO2. The Bertz CT molecular complexity index is 492. The highest BCUT2D eigenvalue weighted by Crippen LogP contribution is 2.33. The van der Waals surface area contributed by atoms with E-state index in [4.69, 9.17) is 9.47 Å². The zero-order valence-corrected chi connectivity index (χ0v) is 15.1. The van der Waals surface area contributed by atoms with Crippen LogP contribution in [0.5, 0.6) is 11.5 Å². The fourth-order valence-corrected chi connectivity index (χ4v) is 2.73. The number of methoxy groups -OCH3 is 2. The quantitative estimate of drug-likeness (QED) is 0.638. The lowest BCUT2D eigenvalue weighted by Gasteiger charge is -2.15. The molecule has 124 valence electrons. The van der Waals surface area contributed by atoms with Crippen LogP contribution < -0.4 is 9.47 Å². The van der Waals surface area contributed by atoms with E-state index < -0.39 is 0 Å². The van der Waals surface area contributed by atoms with Crippen molar-refractivity contribution in [3.63, 3.8) is 0 Å². The van der Waals surface area contributed by atoms with Crippen molar-refractivity contribution in [3.8, 4) is 11.5 Å². The molecule has 0 aromatic heterocycles. The number of hydrogen-bond donors (Lipinski definition) is 0. The van der Waals surface area contributed by atoms with Crippen molar-refractivity contribution in [1.82, 2.24) is 0 Å². The van der Waals surface area contributed by atoms with Crippen molar-refractivity contribution in [2.45, 2.75) is 47.0 Å². The topological polar surface area (TPSA) is 30.8 Å². The maximum absolute atomic E-state index is 5.41. The Labute approximate surface area is 135 Å². The molecule has 0 fully saturated rings. The Morgan fingerprint density at radius 1 is 1.00 bits per heavy atom. The van der Waals surface area contributed by atoms with Gasteiger partial charge in [-0.2, -0.15) is 0 Å². The normalized spacial score (nSPS) is 13.1. The molecule has 0 saturated heterocycles. The monoisotopic (exact) mass is 305 g/mol. The third-order valence-corrected chi connectivity index (χ3v) is 3.73. The van der Waals surface area contributed by atoms with E-state index in [0.29, 0.717) is 11.8 Å². The largest absolute Gasteiger partial charge is 0.493 e. The average molecular weight is 305 g/mol. The minimum Gasteiger partial charge on any atom is -0.493 e. The average Bonchev–Trinajstić information content (AvgIpc) is 2.45. The number of ether oxygens (including phenoxy) is 2. The van der Waals surface area contributed by atoms with Crippen LogP contribution in [0.1, 0.15) is 58.1 Å². The lowest BCUT2D eigenvalue weighted by molar-refractivity contribution is 0.354. The first-order valence-electron chi connectivity index (χ1n) is 8.14. The lowest BCUT2D eigenvalue weighted by atomic mass is 9.96. The third kappa shape index (κ3) is 5.36. The Kier molecular flexibility index (Phi) is 7.43. The Morgan fingerprint density at radius 2 is 1.59 bits per heavy atom. The highest BCUT2D eigenvalue weighted by molar-refractivity contribution is 5.83. The number of aliphatic imine (C=N–C) groups is 1. The first-order chi connectivity index (χ1) is 10.4. The molecule has 0 bridgehead atoms. The molecule has 1 rings (SSSR count). The predicted molar refractivity (Wildman–Crippen MR) is 94.7 cm³/mol. The minimum absolute atomic E-state index is 0.411. The van der Waals surface area contributed by atoms with Gasteiger partial charge in [0.2, 0.25) is 0 Å². The van der Waals surface area contributed by atoms with E-state index in [1.54, 1.807) is 14.2 Å². The molecule has 22 heavy (non-hydrogen) atoms. The van der Waals surface area contributed by atoms with E-state index in [1.165, 1.54) is 12.0 Å². The van der Waals surface area contributed by atoms with Crippen LogP contribution in [0.3, 0.4) is 0 Å². The fourth-order valence-electron chi connectivity index (χ4n) is 2.73. The van der Waals surface area contributed by atoms with Gasteiger partial charge >= 0.3 is 0 Å². The summed E-state index contributed by atoms with van der Waals surface area (Å²) >= 11 is 0. The second-order valence-corrected chi connectivity index (χ2v) is 6.72. The van der Waals surface area contributed by atoms with E-state index in [1.807, 2.05) is 12.3 Å². The van der Waals surface area contributed by atoms with Crippen molar-refractivity contribution < 1.29 is 9.47 Å². The fraction of sp³-hybridized carbons (Fsp3) is 0.632. The van der Waals surface area contributed by atoms with Gasteiger partial charge in [-0.05, 0) is 47.4 Å². The second-order valence-electron chi connectivity index (χ2n) is 6.72. The summed E-state index contributed by atoms with van der Waals surface area (Å²) in [5.74, 6) is 3.27. The molecule has 0 saturated carbocycles. The SMILES string of the molecule is COc1cc(C=NCC(C)CC(C)C)c(C(C)C)cc1OC. The second kappa shape index (κ2) is 8.82. The van der Waals surface area contributed by atoms with Gasteiger partial charge in [-0.3, -0.25) is 4.99 Å². The van der Waals surface area contributed by atoms with Crippen molar-refractivity contribution in [2.24, 2.45) is 16.8 Å². The van der Waals surface area contributed by atoms with Crippen molar-refractivity contribution in [1.29, 1.82) is 0 Å². The molecule has 1 aromatic rings. The molecule has 0 heterocycles. The van der Waals surface area contributed by atoms with E-state index in [9.17, 15) is 0 Å². The molecule has 0 spiro atoms. The van der Waals surface area contributed by atoms with E-state index in [-0.39, 0.29) is 0 Å². The van der Waals surface area contributed by atoms with Crippen LogP contribution in [-0.4, -0.2) is 27.0 Å². The molecule has 0 N–H and O–H groups in total. The van der Waals surface area contributed by atoms with Crippen molar-refractivity contribution in [2.75, 3.05) is 20.8 Å². The summed E-state index contributed by atoms with van der Waals surface area (Å²) in [7, 11) is 3.34. The molecule has 0 aliphatic rings. The van der Waals surface area contributed by atoms with Crippen molar-refractivity contribution in [3.05, 3.63) is 23.3 Å². The van der Waals surface area contributed by atoms with Crippen LogP contribution in [0.15, 0.2) is 17.1 Å². The van der Waals surface area contributed by atoms with Crippen LogP contribution in [0.4, 0.5) is 0 Å². The summed E-state index contributed by atoms with van der Waals surface area (Å²) in [6, 6.07) is 4.08. The zero-order valence-electron chi connectivity index (χ0n) is 15.1. The minimum atomic E-state index is 0.411. The van der Waals surface area contributed by atoms with E-state index in [2.05, 4.69) is 45.7 Å². The molecule has 0 amide bonds. The Balaban J connectivity index is 2.97. The number of nitrogens with zero attached hydrogens (tertiary/aromatic N) is 1. The summed E-state index contributed by atoms with van der Waals surface area (Å²) in [5, 5.41) is 0. The first kappa shape index (κ1) is 18.5. The molecule has 3 nitrogen and oxygen atoms in total. The lowest BCUT2D eigenvalue weighted by Crippen LogP contribution is -2.05. The van der Waals surface area contributed by atoms with Crippen LogP contribution in [-0.2, 0) is 0 Å². The van der Waals surface area contributed by atoms with Gasteiger partial charge in [0.15, 0.2) is 11.5 Å². The first-order valence-corrected chi connectivity index (χ1v) is 8.14. The standard InChI is InChI=1S/C19H31NO2/c1-13(2)8-15(5)11-20-12-16-9-18(21-6)19(22-7)10-17(16)14(3)4/h9-10,12-15H,8,11H2,1-7H3. The van der Waals surface area contributed by atoms with Crippen LogP contribution in [0.2, 0.25) is 0 Å².